The van der Waals surface area contributed by atoms with Gasteiger partial charge in [0.1, 0.15) is 22.8 Å². The van der Waals surface area contributed by atoms with E-state index in [-0.39, 0.29) is 12.5 Å². The minimum Gasteiger partial charge on any atom is -0.497 e. The molecule has 0 atom stereocenters. The van der Waals surface area contributed by atoms with E-state index in [0.29, 0.717) is 40.8 Å². The summed E-state index contributed by atoms with van der Waals surface area (Å²) in [4.78, 5) is 16.6. The molecule has 0 aliphatic rings. The molecule has 0 bridgehead atoms. The Morgan fingerprint density at radius 2 is 1.89 bits per heavy atom. The first-order valence-electron chi connectivity index (χ1n) is 8.60. The van der Waals surface area contributed by atoms with Gasteiger partial charge >= 0.3 is 5.97 Å². The average molecular weight is 384 g/mol. The lowest BCUT2D eigenvalue weighted by atomic mass is 10.2. The van der Waals surface area contributed by atoms with E-state index in [1.165, 1.54) is 7.11 Å². The molecule has 0 aliphatic heterocycles. The van der Waals surface area contributed by atoms with Crippen LogP contribution in [0.1, 0.15) is 23.2 Å². The first-order chi connectivity index (χ1) is 13.7. The van der Waals surface area contributed by atoms with Gasteiger partial charge in [0.25, 0.3) is 5.89 Å². The van der Waals surface area contributed by atoms with Crippen molar-refractivity contribution in [2.24, 2.45) is 0 Å². The predicted molar refractivity (Wildman–Crippen MR) is 99.6 cm³/mol. The number of ether oxygens (including phenoxy) is 4. The lowest BCUT2D eigenvalue weighted by Crippen LogP contribution is -2.08. The van der Waals surface area contributed by atoms with Crippen LogP contribution in [0.25, 0.3) is 11.4 Å². The van der Waals surface area contributed by atoms with Gasteiger partial charge in [-0.1, -0.05) is 17.3 Å². The fourth-order valence-corrected chi connectivity index (χ4v) is 2.53. The van der Waals surface area contributed by atoms with Gasteiger partial charge in [-0.15, -0.1) is 0 Å². The first kappa shape index (κ1) is 19.2. The zero-order valence-corrected chi connectivity index (χ0v) is 15.8. The van der Waals surface area contributed by atoms with E-state index < -0.39 is 5.97 Å². The van der Waals surface area contributed by atoms with Crippen molar-refractivity contribution in [2.75, 3.05) is 20.8 Å². The fourth-order valence-electron chi connectivity index (χ4n) is 2.53. The highest BCUT2D eigenvalue weighted by Crippen LogP contribution is 2.31. The van der Waals surface area contributed by atoms with Crippen molar-refractivity contribution in [3.63, 3.8) is 0 Å². The maximum atomic E-state index is 12.3. The number of para-hydroxylation sites is 1. The number of esters is 1. The molecule has 1 heterocycles. The molecule has 0 radical (unpaired) electrons. The number of nitrogens with zero attached hydrogens (tertiary/aromatic N) is 2. The van der Waals surface area contributed by atoms with Crippen LogP contribution in [0.2, 0.25) is 0 Å². The molecule has 8 nitrogen and oxygen atoms in total. The zero-order chi connectivity index (χ0) is 19.9. The summed E-state index contributed by atoms with van der Waals surface area (Å²) in [6.45, 7) is 2.13. The standard InChI is InChI=1S/C20H20N2O6/c1-4-26-16-8-6-5-7-15(16)20(23)27-12-18-21-19(22-28-18)14-10-9-13(24-2)11-17(14)25-3/h5-11H,4,12H2,1-3H3. The largest absolute Gasteiger partial charge is 0.497 e. The Bertz CT molecular complexity index is 953. The van der Waals surface area contributed by atoms with Crippen LogP contribution in [-0.4, -0.2) is 36.9 Å². The van der Waals surface area contributed by atoms with Crippen molar-refractivity contribution in [1.29, 1.82) is 0 Å². The molecule has 3 aromatic rings. The Morgan fingerprint density at radius 1 is 1.07 bits per heavy atom. The minimum absolute atomic E-state index is 0.162. The second-order valence-corrected chi connectivity index (χ2v) is 5.58. The second kappa shape index (κ2) is 8.90. The van der Waals surface area contributed by atoms with Gasteiger partial charge in [-0.3, -0.25) is 0 Å². The molecule has 0 saturated carbocycles. The van der Waals surface area contributed by atoms with E-state index in [9.17, 15) is 4.79 Å². The van der Waals surface area contributed by atoms with Crippen LogP contribution in [0.15, 0.2) is 47.0 Å². The minimum atomic E-state index is -0.536. The lowest BCUT2D eigenvalue weighted by Gasteiger charge is -2.08. The molecule has 0 amide bonds. The zero-order valence-electron chi connectivity index (χ0n) is 15.8. The first-order valence-corrected chi connectivity index (χ1v) is 8.60. The molecular formula is C20H20N2O6. The van der Waals surface area contributed by atoms with E-state index in [4.69, 9.17) is 23.5 Å². The van der Waals surface area contributed by atoms with Crippen molar-refractivity contribution >= 4 is 5.97 Å². The number of benzene rings is 2. The van der Waals surface area contributed by atoms with E-state index in [1.54, 1.807) is 49.6 Å². The van der Waals surface area contributed by atoms with Gasteiger partial charge in [0.2, 0.25) is 5.82 Å². The smallest absolute Gasteiger partial charge is 0.342 e. The monoisotopic (exact) mass is 384 g/mol. The van der Waals surface area contributed by atoms with Crippen molar-refractivity contribution in [1.82, 2.24) is 10.1 Å². The summed E-state index contributed by atoms with van der Waals surface area (Å²) in [7, 11) is 3.11. The molecule has 0 saturated heterocycles. The lowest BCUT2D eigenvalue weighted by molar-refractivity contribution is 0.0425. The summed E-state index contributed by atoms with van der Waals surface area (Å²) < 4.78 is 26.4. The highest BCUT2D eigenvalue weighted by atomic mass is 16.6. The van der Waals surface area contributed by atoms with Crippen LogP contribution in [0, 0.1) is 0 Å². The van der Waals surface area contributed by atoms with Crippen molar-refractivity contribution in [2.45, 2.75) is 13.5 Å². The third-order valence-corrected chi connectivity index (χ3v) is 3.85. The summed E-state index contributed by atoms with van der Waals surface area (Å²) in [6.07, 6.45) is 0. The molecule has 0 aliphatic carbocycles. The van der Waals surface area contributed by atoms with Gasteiger partial charge in [-0.25, -0.2) is 4.79 Å². The third kappa shape index (κ3) is 4.22. The number of hydrogen-bond acceptors (Lipinski definition) is 8. The number of carbonyl (C=O) groups excluding carboxylic acids is 1. The number of rotatable bonds is 8. The molecule has 3 rings (SSSR count). The van der Waals surface area contributed by atoms with Crippen LogP contribution < -0.4 is 14.2 Å². The summed E-state index contributed by atoms with van der Waals surface area (Å²) in [5, 5.41) is 3.93. The van der Waals surface area contributed by atoms with E-state index in [1.807, 2.05) is 6.92 Å². The molecule has 0 fully saturated rings. The van der Waals surface area contributed by atoms with Crippen LogP contribution in [-0.2, 0) is 11.3 Å². The van der Waals surface area contributed by atoms with Crippen molar-refractivity contribution in [3.05, 3.63) is 53.9 Å². The Balaban J connectivity index is 1.71. The topological polar surface area (TPSA) is 92.9 Å². The van der Waals surface area contributed by atoms with Crippen molar-refractivity contribution in [3.8, 4) is 28.6 Å². The van der Waals surface area contributed by atoms with Gasteiger partial charge in [0, 0.05) is 6.07 Å². The Kier molecular flexibility index (Phi) is 6.11. The molecule has 0 unspecified atom stereocenters. The SMILES string of the molecule is CCOc1ccccc1C(=O)OCc1nc(-c2ccc(OC)cc2OC)no1. The third-order valence-electron chi connectivity index (χ3n) is 3.85. The van der Waals surface area contributed by atoms with Gasteiger partial charge in [-0.2, -0.15) is 4.98 Å². The molecule has 2 aromatic carbocycles. The summed E-state index contributed by atoms with van der Waals surface area (Å²) >= 11 is 0. The van der Waals surface area contributed by atoms with Gasteiger partial charge in [-0.05, 0) is 31.2 Å². The average Bonchev–Trinajstić information content (AvgIpc) is 3.21. The second-order valence-electron chi connectivity index (χ2n) is 5.58. The van der Waals surface area contributed by atoms with Crippen LogP contribution in [0.5, 0.6) is 17.2 Å². The van der Waals surface area contributed by atoms with Crippen LogP contribution in [0.3, 0.4) is 0 Å². The Labute approximate surface area is 162 Å². The fraction of sp³-hybridized carbons (Fsp3) is 0.250. The van der Waals surface area contributed by atoms with Crippen LogP contribution >= 0.6 is 0 Å². The molecule has 0 N–H and O–H groups in total. The Hall–Kier alpha value is -3.55. The number of aromatic nitrogens is 2. The van der Waals surface area contributed by atoms with Crippen LogP contribution in [0.4, 0.5) is 0 Å². The highest BCUT2D eigenvalue weighted by molar-refractivity contribution is 5.92. The normalized spacial score (nSPS) is 10.4. The quantitative estimate of drug-likeness (QED) is 0.545. The number of methoxy groups -OCH3 is 2. The molecule has 146 valence electrons. The summed E-state index contributed by atoms with van der Waals surface area (Å²) in [5.74, 6) is 1.59. The highest BCUT2D eigenvalue weighted by Gasteiger charge is 2.17. The maximum absolute atomic E-state index is 12.3. The summed E-state index contributed by atoms with van der Waals surface area (Å²) in [6, 6.07) is 12.1. The molecule has 28 heavy (non-hydrogen) atoms. The van der Waals surface area contributed by atoms with Gasteiger partial charge in [0.05, 0.1) is 26.4 Å². The van der Waals surface area contributed by atoms with E-state index in [0.717, 1.165) is 0 Å². The molecule has 8 heteroatoms. The maximum Gasteiger partial charge on any atom is 0.342 e. The van der Waals surface area contributed by atoms with Gasteiger partial charge < -0.3 is 23.5 Å². The molecule has 0 spiro atoms. The molecule has 1 aromatic heterocycles. The van der Waals surface area contributed by atoms with E-state index in [2.05, 4.69) is 10.1 Å². The molecular weight excluding hydrogens is 364 g/mol. The summed E-state index contributed by atoms with van der Waals surface area (Å²) in [5.41, 5.74) is 0.965. The van der Waals surface area contributed by atoms with Gasteiger partial charge in [0.15, 0.2) is 6.61 Å². The van der Waals surface area contributed by atoms with E-state index >= 15 is 0 Å². The predicted octanol–water partition coefficient (Wildman–Crippen LogP) is 3.51. The number of carbonyl (C=O) groups is 1. The number of hydrogen-bond donors (Lipinski definition) is 0. The van der Waals surface area contributed by atoms with Crippen molar-refractivity contribution < 1.29 is 28.3 Å². The Morgan fingerprint density at radius 3 is 2.64 bits per heavy atom.